The van der Waals surface area contributed by atoms with Crippen molar-refractivity contribution in [1.29, 1.82) is 5.41 Å². The molecular formula is C12H15F3N4O. The van der Waals surface area contributed by atoms with Gasteiger partial charge in [-0.2, -0.15) is 13.2 Å². The van der Waals surface area contributed by atoms with Gasteiger partial charge < -0.3 is 16.4 Å². The lowest BCUT2D eigenvalue weighted by atomic mass is 10.1. The maximum atomic E-state index is 12.9. The summed E-state index contributed by atoms with van der Waals surface area (Å²) in [5.41, 5.74) is 3.60. The van der Waals surface area contributed by atoms with E-state index in [1.807, 2.05) is 0 Å². The van der Waals surface area contributed by atoms with E-state index in [0.29, 0.717) is 0 Å². The van der Waals surface area contributed by atoms with E-state index in [0.717, 1.165) is 12.1 Å². The summed E-state index contributed by atoms with van der Waals surface area (Å²) in [5.74, 6) is -0.685. The van der Waals surface area contributed by atoms with Crippen LogP contribution in [0.4, 0.5) is 23.7 Å². The molecule has 0 fully saturated rings. The highest BCUT2D eigenvalue weighted by atomic mass is 19.4. The van der Waals surface area contributed by atoms with Crippen molar-refractivity contribution in [3.8, 4) is 0 Å². The number of urea groups is 1. The summed E-state index contributed by atoms with van der Waals surface area (Å²) in [6.07, 6.45) is -4.66. The van der Waals surface area contributed by atoms with Crippen LogP contribution in [0, 0.1) is 5.41 Å². The molecule has 110 valence electrons. The number of nitrogen functional groups attached to an aromatic ring is 1. The first kappa shape index (κ1) is 15.8. The van der Waals surface area contributed by atoms with Crippen molar-refractivity contribution < 1.29 is 18.0 Å². The van der Waals surface area contributed by atoms with E-state index < -0.39 is 29.2 Å². The SMILES string of the molecule is CC(C)NC(=O)Nc1ccc(C(=N)N)c(C(F)(F)F)c1. The molecule has 0 radical (unpaired) electrons. The van der Waals surface area contributed by atoms with Crippen molar-refractivity contribution in [3.63, 3.8) is 0 Å². The van der Waals surface area contributed by atoms with E-state index in [1.165, 1.54) is 6.07 Å². The third-order valence-electron chi connectivity index (χ3n) is 2.29. The summed E-state index contributed by atoms with van der Waals surface area (Å²) in [6.45, 7) is 3.44. The summed E-state index contributed by atoms with van der Waals surface area (Å²) in [4.78, 5) is 11.4. The van der Waals surface area contributed by atoms with Gasteiger partial charge >= 0.3 is 12.2 Å². The molecule has 0 spiro atoms. The van der Waals surface area contributed by atoms with E-state index >= 15 is 0 Å². The predicted octanol–water partition coefficient (Wildman–Crippen LogP) is 2.52. The van der Waals surface area contributed by atoms with Gasteiger partial charge in [-0.05, 0) is 32.0 Å². The van der Waals surface area contributed by atoms with Crippen molar-refractivity contribution in [2.24, 2.45) is 5.73 Å². The lowest BCUT2D eigenvalue weighted by Gasteiger charge is -2.15. The third-order valence-corrected chi connectivity index (χ3v) is 2.29. The van der Waals surface area contributed by atoms with Gasteiger partial charge in [-0.1, -0.05) is 0 Å². The molecule has 20 heavy (non-hydrogen) atoms. The van der Waals surface area contributed by atoms with Crippen molar-refractivity contribution in [2.45, 2.75) is 26.1 Å². The zero-order valence-corrected chi connectivity index (χ0v) is 10.9. The number of hydrogen-bond donors (Lipinski definition) is 4. The molecular weight excluding hydrogens is 273 g/mol. The second kappa shape index (κ2) is 5.81. The molecule has 0 saturated carbocycles. The van der Waals surface area contributed by atoms with Crippen LogP contribution in [0.1, 0.15) is 25.0 Å². The van der Waals surface area contributed by atoms with Gasteiger partial charge in [0.05, 0.1) is 5.56 Å². The summed E-state index contributed by atoms with van der Waals surface area (Å²) >= 11 is 0. The third kappa shape index (κ3) is 4.15. The Morgan fingerprint density at radius 3 is 2.40 bits per heavy atom. The Bertz CT molecular complexity index is 526. The van der Waals surface area contributed by atoms with Crippen LogP contribution in [0.5, 0.6) is 0 Å². The van der Waals surface area contributed by atoms with Crippen molar-refractivity contribution in [2.75, 3.05) is 5.32 Å². The van der Waals surface area contributed by atoms with Gasteiger partial charge in [0.2, 0.25) is 0 Å². The zero-order chi connectivity index (χ0) is 15.5. The highest BCUT2D eigenvalue weighted by molar-refractivity contribution is 5.98. The van der Waals surface area contributed by atoms with Gasteiger partial charge in [0.15, 0.2) is 0 Å². The summed E-state index contributed by atoms with van der Waals surface area (Å²) in [7, 11) is 0. The molecule has 1 aromatic carbocycles. The maximum Gasteiger partial charge on any atom is 0.417 e. The van der Waals surface area contributed by atoms with E-state index in [4.69, 9.17) is 11.1 Å². The van der Waals surface area contributed by atoms with Crippen LogP contribution in [-0.2, 0) is 6.18 Å². The monoisotopic (exact) mass is 288 g/mol. The highest BCUT2D eigenvalue weighted by Crippen LogP contribution is 2.33. The Kier molecular flexibility index (Phi) is 4.59. The molecule has 0 aliphatic heterocycles. The standard InChI is InChI=1S/C12H15F3N4O/c1-6(2)18-11(20)19-7-3-4-8(10(16)17)9(5-7)12(13,14)15/h3-6H,1-2H3,(H3,16,17)(H2,18,19,20). The zero-order valence-electron chi connectivity index (χ0n) is 10.9. The number of rotatable bonds is 3. The molecule has 0 bridgehead atoms. The normalized spacial score (nSPS) is 11.3. The number of halogens is 3. The quantitative estimate of drug-likeness (QED) is 0.508. The number of hydrogen-bond acceptors (Lipinski definition) is 2. The molecule has 0 heterocycles. The van der Waals surface area contributed by atoms with Gasteiger partial charge in [-0.25, -0.2) is 4.79 Å². The topological polar surface area (TPSA) is 91.0 Å². The first-order valence-electron chi connectivity index (χ1n) is 5.74. The molecule has 1 rings (SSSR count). The number of nitrogens with two attached hydrogens (primary N) is 1. The number of benzene rings is 1. The van der Waals surface area contributed by atoms with Crippen LogP contribution < -0.4 is 16.4 Å². The molecule has 0 unspecified atom stereocenters. The van der Waals surface area contributed by atoms with Gasteiger partial charge in [0, 0.05) is 17.3 Å². The first-order chi connectivity index (χ1) is 9.11. The fraction of sp³-hybridized carbons (Fsp3) is 0.333. The number of carbonyl (C=O) groups excluding carboxylic acids is 1. The molecule has 5 N–H and O–H groups in total. The minimum atomic E-state index is -4.66. The Balaban J connectivity index is 3.08. The smallest absolute Gasteiger partial charge is 0.384 e. The lowest BCUT2D eigenvalue weighted by molar-refractivity contribution is -0.137. The summed E-state index contributed by atoms with van der Waals surface area (Å²) in [6, 6.07) is 2.30. The van der Waals surface area contributed by atoms with Crippen LogP contribution in [0.3, 0.4) is 0 Å². The fourth-order valence-corrected chi connectivity index (χ4v) is 1.52. The van der Waals surface area contributed by atoms with E-state index in [2.05, 4.69) is 10.6 Å². The van der Waals surface area contributed by atoms with Crippen molar-refractivity contribution >= 4 is 17.6 Å². The van der Waals surface area contributed by atoms with Crippen LogP contribution in [0.15, 0.2) is 18.2 Å². The van der Waals surface area contributed by atoms with Gasteiger partial charge in [0.1, 0.15) is 5.84 Å². The van der Waals surface area contributed by atoms with E-state index in [-0.39, 0.29) is 11.7 Å². The number of nitrogens with one attached hydrogen (secondary N) is 3. The molecule has 0 atom stereocenters. The largest absolute Gasteiger partial charge is 0.417 e. The molecule has 0 aliphatic carbocycles. The van der Waals surface area contributed by atoms with Gasteiger partial charge in [-0.3, -0.25) is 5.41 Å². The number of anilines is 1. The van der Waals surface area contributed by atoms with Crippen LogP contribution in [-0.4, -0.2) is 17.9 Å². The van der Waals surface area contributed by atoms with E-state index in [1.54, 1.807) is 13.8 Å². The first-order valence-corrected chi connectivity index (χ1v) is 5.74. The second-order valence-corrected chi connectivity index (χ2v) is 4.42. The predicted molar refractivity (Wildman–Crippen MR) is 69.8 cm³/mol. The minimum Gasteiger partial charge on any atom is -0.384 e. The lowest BCUT2D eigenvalue weighted by Crippen LogP contribution is -2.34. The summed E-state index contributed by atoms with van der Waals surface area (Å²) in [5, 5.41) is 11.9. The maximum absolute atomic E-state index is 12.9. The fourth-order valence-electron chi connectivity index (χ4n) is 1.52. The molecule has 0 saturated heterocycles. The average molecular weight is 288 g/mol. The Morgan fingerprint density at radius 2 is 1.95 bits per heavy atom. The molecule has 0 aliphatic rings. The van der Waals surface area contributed by atoms with Crippen molar-refractivity contribution in [3.05, 3.63) is 29.3 Å². The van der Waals surface area contributed by atoms with Crippen LogP contribution >= 0.6 is 0 Å². The number of amides is 2. The summed E-state index contributed by atoms with van der Waals surface area (Å²) < 4.78 is 38.6. The number of amidine groups is 1. The molecule has 1 aromatic rings. The molecule has 8 heteroatoms. The van der Waals surface area contributed by atoms with Crippen molar-refractivity contribution in [1.82, 2.24) is 5.32 Å². The average Bonchev–Trinajstić information content (AvgIpc) is 2.25. The van der Waals surface area contributed by atoms with E-state index in [9.17, 15) is 18.0 Å². The second-order valence-electron chi connectivity index (χ2n) is 4.42. The van der Waals surface area contributed by atoms with Gasteiger partial charge in [0.25, 0.3) is 0 Å². The van der Waals surface area contributed by atoms with Gasteiger partial charge in [-0.15, -0.1) is 0 Å². The number of carbonyl (C=O) groups is 1. The molecule has 0 aromatic heterocycles. The highest BCUT2D eigenvalue weighted by Gasteiger charge is 2.34. The Labute approximate surface area is 113 Å². The minimum absolute atomic E-state index is 0.0273. The molecule has 2 amide bonds. The molecule has 5 nitrogen and oxygen atoms in total. The van der Waals surface area contributed by atoms with Crippen LogP contribution in [0.25, 0.3) is 0 Å². The Morgan fingerprint density at radius 1 is 1.35 bits per heavy atom. The van der Waals surface area contributed by atoms with Crippen LogP contribution in [0.2, 0.25) is 0 Å². The number of alkyl halides is 3. The Hall–Kier alpha value is -2.25.